The number of aliphatic carboxylic acids is 1. The summed E-state index contributed by atoms with van der Waals surface area (Å²) in [5.41, 5.74) is 11.5. The van der Waals surface area contributed by atoms with Gasteiger partial charge in [0.1, 0.15) is 37.0 Å². The topological polar surface area (TPSA) is 270 Å². The van der Waals surface area contributed by atoms with Gasteiger partial charge in [0.25, 0.3) is 0 Å². The number of nitrogens with one attached hydrogen (secondary N) is 2. The van der Waals surface area contributed by atoms with Gasteiger partial charge in [0.2, 0.25) is 23.6 Å². The molecule has 17 heteroatoms. The highest BCUT2D eigenvalue weighted by Gasteiger charge is 2.47. The number of aliphatic hydroxyl groups is 2. The highest BCUT2D eigenvalue weighted by Crippen LogP contribution is 2.25. The molecule has 0 saturated carbocycles. The first-order valence-electron chi connectivity index (χ1n) is 13.6. The molecule has 43 heavy (non-hydrogen) atoms. The summed E-state index contributed by atoms with van der Waals surface area (Å²) >= 11 is 0. The Labute approximate surface area is 248 Å². The van der Waals surface area contributed by atoms with Crippen LogP contribution in [0.4, 0.5) is 0 Å². The van der Waals surface area contributed by atoms with Gasteiger partial charge in [-0.1, -0.05) is 6.58 Å². The van der Waals surface area contributed by atoms with Crippen LogP contribution in [0.25, 0.3) is 0 Å². The van der Waals surface area contributed by atoms with Crippen molar-refractivity contribution in [1.29, 1.82) is 0 Å². The second kappa shape index (κ2) is 17.5. The number of ether oxygens (including phenoxy) is 3. The Morgan fingerprint density at radius 2 is 1.72 bits per heavy atom. The van der Waals surface area contributed by atoms with Crippen molar-refractivity contribution in [2.45, 2.75) is 95.8 Å². The molecule has 1 unspecified atom stereocenters. The Balaban J connectivity index is 3.08. The highest BCUT2D eigenvalue weighted by atomic mass is 16.6. The van der Waals surface area contributed by atoms with Gasteiger partial charge in [-0.25, -0.2) is 0 Å². The van der Waals surface area contributed by atoms with Gasteiger partial charge in [-0.2, -0.15) is 0 Å². The van der Waals surface area contributed by atoms with Crippen LogP contribution in [0.3, 0.4) is 0 Å². The van der Waals surface area contributed by atoms with Gasteiger partial charge in [0.05, 0.1) is 18.6 Å². The van der Waals surface area contributed by atoms with Crippen molar-refractivity contribution in [1.82, 2.24) is 15.5 Å². The number of hydrogen-bond donors (Lipinski definition) is 7. The van der Waals surface area contributed by atoms with Crippen molar-refractivity contribution < 1.29 is 58.3 Å². The normalized spacial score (nSPS) is 23.7. The Morgan fingerprint density at radius 1 is 1.09 bits per heavy atom. The maximum absolute atomic E-state index is 12.9. The van der Waals surface area contributed by atoms with Crippen molar-refractivity contribution >= 4 is 35.6 Å². The van der Waals surface area contributed by atoms with E-state index < -0.39 is 97.4 Å². The minimum absolute atomic E-state index is 0.0372. The second-order valence-electron chi connectivity index (χ2n) is 10.3. The fourth-order valence-corrected chi connectivity index (χ4v) is 4.23. The number of primary amides is 1. The molecule has 1 saturated heterocycles. The van der Waals surface area contributed by atoms with Crippen LogP contribution in [0.2, 0.25) is 0 Å². The van der Waals surface area contributed by atoms with Gasteiger partial charge >= 0.3 is 11.9 Å². The number of carboxylic acid groups (broad SMARTS) is 1. The quantitative estimate of drug-likeness (QED) is 0.0629. The third kappa shape index (κ3) is 12.2. The van der Waals surface area contributed by atoms with Crippen molar-refractivity contribution in [2.75, 3.05) is 19.7 Å². The summed E-state index contributed by atoms with van der Waals surface area (Å²) in [6.45, 7) is 8.06. The first-order chi connectivity index (χ1) is 20.0. The molecule has 0 bridgehead atoms. The summed E-state index contributed by atoms with van der Waals surface area (Å²) < 4.78 is 16.4. The van der Waals surface area contributed by atoms with Gasteiger partial charge in [0.15, 0.2) is 6.29 Å². The summed E-state index contributed by atoms with van der Waals surface area (Å²) in [6.07, 6.45) is -7.98. The van der Waals surface area contributed by atoms with E-state index in [1.165, 1.54) is 20.8 Å². The Kier molecular flexibility index (Phi) is 15.2. The predicted octanol–water partition coefficient (Wildman–Crippen LogP) is -3.14. The molecule has 8 atom stereocenters. The van der Waals surface area contributed by atoms with Crippen LogP contribution < -0.4 is 22.1 Å². The van der Waals surface area contributed by atoms with E-state index in [-0.39, 0.29) is 31.5 Å². The van der Waals surface area contributed by atoms with Crippen LogP contribution >= 0.6 is 0 Å². The largest absolute Gasteiger partial charge is 0.481 e. The lowest BCUT2D eigenvalue weighted by Crippen LogP contribution is -2.65. The molecule has 17 nitrogen and oxygen atoms in total. The standard InChI is InChI=1S/C26H43N5O12/c1-12(2)24(38)29-9-8-19(35)41-11-17-21(36)22(20(26(40)43-17)30-15(5)32)42-13(3)10-31(25(39)14(4)27)16(23(28)37)6-7-18(33)34/h13-14,16-17,20-22,26,36,40H,1,6-11,27H2,2-5H3,(H2,28,37)(H,29,38)(H,30,32)(H,33,34)/t13?,14-,16+,17+,20+,21+,22+,26-/m0/s1. The number of carbonyl (C=O) groups is 6. The van der Waals surface area contributed by atoms with Crippen LogP contribution in [0.1, 0.15) is 47.0 Å². The minimum Gasteiger partial charge on any atom is -0.481 e. The molecular weight excluding hydrogens is 574 g/mol. The third-order valence-corrected chi connectivity index (χ3v) is 6.33. The number of hydrogen-bond acceptors (Lipinski definition) is 12. The van der Waals surface area contributed by atoms with Crippen molar-refractivity contribution in [3.63, 3.8) is 0 Å². The summed E-state index contributed by atoms with van der Waals surface area (Å²) in [5, 5.41) is 35.6. The van der Waals surface area contributed by atoms with Crippen LogP contribution in [0.15, 0.2) is 12.2 Å². The summed E-state index contributed by atoms with van der Waals surface area (Å²) in [5.74, 6) is -4.69. The average molecular weight is 618 g/mol. The lowest BCUT2D eigenvalue weighted by Gasteiger charge is -2.44. The number of amides is 4. The van der Waals surface area contributed by atoms with Gasteiger partial charge < -0.3 is 56.5 Å². The molecule has 0 aromatic rings. The molecule has 1 aliphatic heterocycles. The summed E-state index contributed by atoms with van der Waals surface area (Å²) in [4.78, 5) is 72.7. The zero-order valence-electron chi connectivity index (χ0n) is 24.7. The second-order valence-corrected chi connectivity index (χ2v) is 10.3. The molecule has 1 heterocycles. The lowest BCUT2D eigenvalue weighted by atomic mass is 9.96. The fraction of sp³-hybridized carbons (Fsp3) is 0.692. The number of carbonyl (C=O) groups excluding carboxylic acids is 5. The summed E-state index contributed by atoms with van der Waals surface area (Å²) in [7, 11) is 0. The average Bonchev–Trinajstić information content (AvgIpc) is 2.89. The van der Waals surface area contributed by atoms with Crippen LogP contribution in [-0.4, -0.2) is 124 Å². The molecule has 1 rings (SSSR count). The van der Waals surface area contributed by atoms with E-state index in [4.69, 9.17) is 30.8 Å². The molecule has 0 radical (unpaired) electrons. The molecule has 0 spiro atoms. The van der Waals surface area contributed by atoms with Crippen molar-refractivity contribution in [2.24, 2.45) is 11.5 Å². The Morgan fingerprint density at radius 3 is 2.23 bits per heavy atom. The van der Waals surface area contributed by atoms with E-state index in [9.17, 15) is 39.0 Å². The van der Waals surface area contributed by atoms with Crippen LogP contribution in [0.5, 0.6) is 0 Å². The predicted molar refractivity (Wildman–Crippen MR) is 147 cm³/mol. The SMILES string of the molecule is C=C(C)C(=O)NCCC(=O)OC[C@H]1O[C@H](O)[C@H](NC(C)=O)[C@@H](OC(C)CN(C(=O)[C@H](C)N)[C@H](CCC(=O)O)C(N)=O)[C@@H]1O. The molecule has 4 amide bonds. The number of nitrogens with zero attached hydrogens (tertiary/aromatic N) is 1. The van der Waals surface area contributed by atoms with Gasteiger partial charge in [-0.15, -0.1) is 0 Å². The number of nitrogens with two attached hydrogens (primary N) is 2. The Bertz CT molecular complexity index is 1040. The van der Waals surface area contributed by atoms with Gasteiger partial charge in [0, 0.05) is 32.0 Å². The minimum atomic E-state index is -1.72. The number of rotatable bonds is 17. The molecule has 244 valence electrons. The maximum Gasteiger partial charge on any atom is 0.307 e. The number of esters is 1. The zero-order chi connectivity index (χ0) is 33.0. The zero-order valence-corrected chi connectivity index (χ0v) is 24.7. The first kappa shape index (κ1) is 37.4. The molecule has 1 fully saturated rings. The fourth-order valence-electron chi connectivity index (χ4n) is 4.23. The highest BCUT2D eigenvalue weighted by molar-refractivity contribution is 5.92. The number of aliphatic hydroxyl groups excluding tert-OH is 2. The first-order valence-corrected chi connectivity index (χ1v) is 13.6. The summed E-state index contributed by atoms with van der Waals surface area (Å²) in [6, 6.07) is -3.74. The van der Waals surface area contributed by atoms with E-state index in [1.54, 1.807) is 0 Å². The molecule has 9 N–H and O–H groups in total. The van der Waals surface area contributed by atoms with Crippen LogP contribution in [-0.2, 0) is 43.0 Å². The van der Waals surface area contributed by atoms with E-state index in [1.807, 2.05) is 0 Å². The molecule has 0 aromatic heterocycles. The number of carboxylic acids is 1. The monoisotopic (exact) mass is 617 g/mol. The smallest absolute Gasteiger partial charge is 0.307 e. The molecule has 0 aliphatic carbocycles. The molecular formula is C26H43N5O12. The Hall–Kier alpha value is -3.64. The lowest BCUT2D eigenvalue weighted by molar-refractivity contribution is -0.269. The van der Waals surface area contributed by atoms with Gasteiger partial charge in [-0.05, 0) is 27.2 Å². The van der Waals surface area contributed by atoms with Crippen molar-refractivity contribution in [3.05, 3.63) is 12.2 Å². The molecule has 1 aliphatic rings. The maximum atomic E-state index is 12.9. The van der Waals surface area contributed by atoms with E-state index in [0.29, 0.717) is 0 Å². The van der Waals surface area contributed by atoms with E-state index >= 15 is 0 Å². The van der Waals surface area contributed by atoms with Crippen molar-refractivity contribution in [3.8, 4) is 0 Å². The third-order valence-electron chi connectivity index (χ3n) is 6.33. The molecule has 0 aromatic carbocycles. The van der Waals surface area contributed by atoms with E-state index in [2.05, 4.69) is 17.2 Å². The van der Waals surface area contributed by atoms with Crippen LogP contribution in [0, 0.1) is 0 Å². The van der Waals surface area contributed by atoms with Gasteiger partial charge in [-0.3, -0.25) is 28.8 Å². The van der Waals surface area contributed by atoms with E-state index in [0.717, 1.165) is 11.8 Å².